The average molecular weight is 577 g/mol. The highest BCUT2D eigenvalue weighted by molar-refractivity contribution is 14.0. The Balaban J connectivity index is 0.00000512. The first-order valence-electron chi connectivity index (χ1n) is 11.1. The van der Waals surface area contributed by atoms with E-state index in [1.807, 2.05) is 47.6 Å². The van der Waals surface area contributed by atoms with E-state index in [0.717, 1.165) is 41.0 Å². The van der Waals surface area contributed by atoms with Crippen molar-refractivity contribution in [2.24, 2.45) is 4.99 Å². The fraction of sp³-hybridized carbons (Fsp3) is 0.565. The number of hydrogen-bond acceptors (Lipinski definition) is 5. The molecule has 0 fully saturated rings. The lowest BCUT2D eigenvalue weighted by Gasteiger charge is -2.20. The maximum absolute atomic E-state index is 13.0. The number of rotatable bonds is 10. The summed E-state index contributed by atoms with van der Waals surface area (Å²) in [5, 5.41) is 10.7. The molecule has 1 heterocycles. The fourth-order valence-electron chi connectivity index (χ4n) is 3.32. The molecule has 0 aliphatic carbocycles. The first kappa shape index (κ1) is 28.4. The number of guanidine groups is 1. The van der Waals surface area contributed by atoms with Gasteiger partial charge < -0.3 is 15.2 Å². The van der Waals surface area contributed by atoms with E-state index in [4.69, 9.17) is 4.52 Å². The molecular weight excluding hydrogens is 539 g/mol. The standard InChI is InChI=1S/C23H36N4O3S.HI/c1-7-18(15-31(28,29)19-12-11-16(5)17(6)13-19)26-23(24-10-4)25-14-20-21(8-2)27-30-22(20)9-3;/h11-13,18H,7-10,14-15H2,1-6H3,(H2,24,25,26);1H. The Labute approximate surface area is 209 Å². The van der Waals surface area contributed by atoms with Gasteiger partial charge in [0, 0.05) is 24.6 Å². The minimum Gasteiger partial charge on any atom is -0.361 e. The third kappa shape index (κ3) is 7.47. The van der Waals surface area contributed by atoms with Crippen LogP contribution < -0.4 is 10.6 Å². The van der Waals surface area contributed by atoms with Gasteiger partial charge in [0.1, 0.15) is 5.76 Å². The minimum absolute atomic E-state index is 0. The quantitative estimate of drug-likeness (QED) is 0.248. The summed E-state index contributed by atoms with van der Waals surface area (Å²) in [5.74, 6) is 1.44. The number of nitrogens with one attached hydrogen (secondary N) is 2. The van der Waals surface area contributed by atoms with Crippen LogP contribution in [0, 0.1) is 13.8 Å². The summed E-state index contributed by atoms with van der Waals surface area (Å²) < 4.78 is 31.4. The van der Waals surface area contributed by atoms with Gasteiger partial charge in [0.15, 0.2) is 15.8 Å². The lowest BCUT2D eigenvalue weighted by Crippen LogP contribution is -2.46. The van der Waals surface area contributed by atoms with Crippen LogP contribution in [0.3, 0.4) is 0 Å². The SMILES string of the molecule is CCNC(=NCc1c(CC)noc1CC)NC(CC)CS(=O)(=O)c1ccc(C)c(C)c1.I. The lowest BCUT2D eigenvalue weighted by molar-refractivity contribution is 0.380. The molecule has 0 aliphatic heterocycles. The van der Waals surface area contributed by atoms with Crippen molar-refractivity contribution >= 4 is 39.8 Å². The molecule has 7 nitrogen and oxygen atoms in total. The van der Waals surface area contributed by atoms with Crippen molar-refractivity contribution in [1.29, 1.82) is 0 Å². The van der Waals surface area contributed by atoms with Crippen molar-refractivity contribution < 1.29 is 12.9 Å². The third-order valence-corrected chi connectivity index (χ3v) is 7.25. The highest BCUT2D eigenvalue weighted by atomic mass is 127. The highest BCUT2D eigenvalue weighted by Gasteiger charge is 2.22. The Hall–Kier alpha value is -1.62. The number of benzene rings is 1. The van der Waals surface area contributed by atoms with Crippen LogP contribution >= 0.6 is 24.0 Å². The normalized spacial score (nSPS) is 12.9. The maximum Gasteiger partial charge on any atom is 0.191 e. The topological polar surface area (TPSA) is 96.6 Å². The van der Waals surface area contributed by atoms with Crippen molar-refractivity contribution in [3.63, 3.8) is 0 Å². The molecule has 0 spiro atoms. The monoisotopic (exact) mass is 576 g/mol. The van der Waals surface area contributed by atoms with E-state index in [-0.39, 0.29) is 35.8 Å². The van der Waals surface area contributed by atoms with E-state index in [1.54, 1.807) is 12.1 Å². The maximum atomic E-state index is 13.0. The summed E-state index contributed by atoms with van der Waals surface area (Å²) in [4.78, 5) is 5.05. The molecule has 180 valence electrons. The Morgan fingerprint density at radius 3 is 2.41 bits per heavy atom. The van der Waals surface area contributed by atoms with Gasteiger partial charge in [-0.1, -0.05) is 32.0 Å². The molecule has 2 N–H and O–H groups in total. The predicted octanol–water partition coefficient (Wildman–Crippen LogP) is 4.34. The minimum atomic E-state index is -3.42. The molecule has 0 aliphatic rings. The molecule has 0 amide bonds. The van der Waals surface area contributed by atoms with E-state index in [1.165, 1.54) is 0 Å². The van der Waals surface area contributed by atoms with Gasteiger partial charge in [0.25, 0.3) is 0 Å². The van der Waals surface area contributed by atoms with Gasteiger partial charge in [-0.2, -0.15) is 0 Å². The molecule has 0 saturated carbocycles. The second kappa shape index (κ2) is 13.2. The Kier molecular flexibility index (Phi) is 11.7. The second-order valence-corrected chi connectivity index (χ2v) is 9.74. The number of sulfone groups is 1. The molecule has 1 unspecified atom stereocenters. The number of aryl methyl sites for hydroxylation is 4. The molecule has 0 radical (unpaired) electrons. The van der Waals surface area contributed by atoms with Gasteiger partial charge in [-0.25, -0.2) is 13.4 Å². The van der Waals surface area contributed by atoms with Crippen molar-refractivity contribution in [3.8, 4) is 0 Å². The van der Waals surface area contributed by atoms with Gasteiger partial charge in [0.2, 0.25) is 0 Å². The highest BCUT2D eigenvalue weighted by Crippen LogP contribution is 2.18. The van der Waals surface area contributed by atoms with E-state index in [9.17, 15) is 8.42 Å². The summed E-state index contributed by atoms with van der Waals surface area (Å²) in [6.45, 7) is 13.0. The molecule has 1 atom stereocenters. The molecule has 0 bridgehead atoms. The van der Waals surface area contributed by atoms with Crippen molar-refractivity contribution in [3.05, 3.63) is 46.3 Å². The summed E-state index contributed by atoms with van der Waals surface area (Å²) >= 11 is 0. The van der Waals surface area contributed by atoms with Crippen LogP contribution in [0.4, 0.5) is 0 Å². The molecule has 1 aromatic heterocycles. The van der Waals surface area contributed by atoms with Crippen LogP contribution in [0.1, 0.15) is 62.3 Å². The zero-order valence-corrected chi connectivity index (χ0v) is 23.1. The second-order valence-electron chi connectivity index (χ2n) is 7.71. The average Bonchev–Trinajstić information content (AvgIpc) is 3.15. The van der Waals surface area contributed by atoms with Crippen LogP contribution in [0.5, 0.6) is 0 Å². The smallest absolute Gasteiger partial charge is 0.191 e. The zero-order chi connectivity index (χ0) is 23.0. The van der Waals surface area contributed by atoms with E-state index in [0.29, 0.717) is 30.4 Å². The fourth-order valence-corrected chi connectivity index (χ4v) is 4.99. The van der Waals surface area contributed by atoms with Crippen LogP contribution in [0.2, 0.25) is 0 Å². The largest absolute Gasteiger partial charge is 0.361 e. The van der Waals surface area contributed by atoms with Crippen LogP contribution in [0.15, 0.2) is 32.6 Å². The number of hydrogen-bond donors (Lipinski definition) is 2. The van der Waals surface area contributed by atoms with Gasteiger partial charge >= 0.3 is 0 Å². The first-order valence-corrected chi connectivity index (χ1v) is 12.7. The van der Waals surface area contributed by atoms with E-state index in [2.05, 4.69) is 20.8 Å². The molecule has 0 saturated heterocycles. The number of halogens is 1. The van der Waals surface area contributed by atoms with Gasteiger partial charge in [0.05, 0.1) is 22.9 Å². The van der Waals surface area contributed by atoms with Crippen LogP contribution in [0.25, 0.3) is 0 Å². The Morgan fingerprint density at radius 1 is 1.12 bits per heavy atom. The summed E-state index contributed by atoms with van der Waals surface area (Å²) in [6, 6.07) is 5.04. The van der Waals surface area contributed by atoms with Crippen molar-refractivity contribution in [2.45, 2.75) is 78.3 Å². The summed E-state index contributed by atoms with van der Waals surface area (Å²) in [6.07, 6.45) is 2.19. The van der Waals surface area contributed by atoms with Crippen LogP contribution in [-0.2, 0) is 29.2 Å². The van der Waals surface area contributed by atoms with E-state index >= 15 is 0 Å². The number of aliphatic imine (C=N–C) groups is 1. The zero-order valence-electron chi connectivity index (χ0n) is 20.0. The molecule has 9 heteroatoms. The molecule has 32 heavy (non-hydrogen) atoms. The van der Waals surface area contributed by atoms with Gasteiger partial charge in [-0.15, -0.1) is 24.0 Å². The predicted molar refractivity (Wildman–Crippen MR) is 141 cm³/mol. The number of nitrogens with zero attached hydrogens (tertiary/aromatic N) is 2. The number of aromatic nitrogens is 1. The third-order valence-electron chi connectivity index (χ3n) is 5.44. The van der Waals surface area contributed by atoms with E-state index < -0.39 is 9.84 Å². The molecule has 2 rings (SSSR count). The molecule has 1 aromatic carbocycles. The van der Waals surface area contributed by atoms with Crippen LogP contribution in [-0.4, -0.2) is 37.9 Å². The van der Waals surface area contributed by atoms with Crippen molar-refractivity contribution in [1.82, 2.24) is 15.8 Å². The summed E-state index contributed by atoms with van der Waals surface area (Å²) in [7, 11) is -3.42. The summed E-state index contributed by atoms with van der Waals surface area (Å²) in [5.41, 5.74) is 3.99. The Morgan fingerprint density at radius 2 is 1.84 bits per heavy atom. The molecule has 2 aromatic rings. The lowest BCUT2D eigenvalue weighted by atomic mass is 10.1. The van der Waals surface area contributed by atoms with Crippen molar-refractivity contribution in [2.75, 3.05) is 12.3 Å². The van der Waals surface area contributed by atoms with Gasteiger partial charge in [-0.3, -0.25) is 0 Å². The Bertz CT molecular complexity index is 981. The first-order chi connectivity index (χ1) is 14.7. The molecular formula is C23H37IN4O3S. The van der Waals surface area contributed by atoms with Gasteiger partial charge in [-0.05, 0) is 56.9 Å².